The Bertz CT molecular complexity index is 1720. The minimum absolute atomic E-state index is 0.0766. The van der Waals surface area contributed by atoms with E-state index < -0.39 is 40.8 Å². The number of nitro groups is 1. The minimum atomic E-state index is -1.17. The molecule has 0 spiro atoms. The first kappa shape index (κ1) is 27.6. The van der Waals surface area contributed by atoms with Crippen molar-refractivity contribution >= 4 is 62.4 Å². The Morgan fingerprint density at radius 2 is 1.76 bits per heavy atom. The highest BCUT2D eigenvalue weighted by molar-refractivity contribution is 9.10. The quantitative estimate of drug-likeness (QED) is 0.0925. The zero-order valence-corrected chi connectivity index (χ0v) is 23.9. The number of esters is 1. The number of amides is 2. The minimum Gasteiger partial charge on any atom is -0.422 e. The summed E-state index contributed by atoms with van der Waals surface area (Å²) in [7, 11) is 1.56. The molecule has 0 bridgehead atoms. The molecule has 2 amide bonds. The van der Waals surface area contributed by atoms with E-state index in [0.717, 1.165) is 9.37 Å². The van der Waals surface area contributed by atoms with Gasteiger partial charge in [-0.3, -0.25) is 29.2 Å². The molecule has 4 aromatic rings. The second-order valence-corrected chi connectivity index (χ2v) is 10.8. The number of nitro benzene ring substituents is 1. The lowest BCUT2D eigenvalue weighted by Gasteiger charge is -2.28. The van der Waals surface area contributed by atoms with Crippen LogP contribution in [0.1, 0.15) is 22.1 Å². The Morgan fingerprint density at radius 1 is 1.05 bits per heavy atom. The van der Waals surface area contributed by atoms with Crippen LogP contribution in [-0.4, -0.2) is 38.6 Å². The fourth-order valence-corrected chi connectivity index (χ4v) is 5.60. The number of carbonyl (C=O) groups excluding carboxylic acids is 3. The third-order valence-corrected chi connectivity index (χ3v) is 7.82. The van der Waals surface area contributed by atoms with Crippen LogP contribution in [0.15, 0.2) is 83.5 Å². The third-order valence-electron chi connectivity index (χ3n) is 7.01. The van der Waals surface area contributed by atoms with Crippen molar-refractivity contribution in [2.24, 2.45) is 13.0 Å². The Kier molecular flexibility index (Phi) is 7.01. The molecule has 212 valence electrons. The van der Waals surface area contributed by atoms with Gasteiger partial charge in [0.15, 0.2) is 11.8 Å². The van der Waals surface area contributed by atoms with E-state index in [1.165, 1.54) is 46.3 Å². The molecule has 6 rings (SSSR count). The van der Waals surface area contributed by atoms with Crippen LogP contribution < -0.4 is 14.7 Å². The zero-order chi connectivity index (χ0) is 29.7. The number of ether oxygens (including phenoxy) is 1. The van der Waals surface area contributed by atoms with Gasteiger partial charge in [-0.05, 0) is 48.0 Å². The molecule has 2 fully saturated rings. The smallest absolute Gasteiger partial charge is 0.363 e. The number of non-ortho nitro benzene ring substituents is 1. The second kappa shape index (κ2) is 10.7. The normalized spacial score (nSPS) is 19.7. The molecule has 0 N–H and O–H groups in total. The Labute approximate surface area is 251 Å². The summed E-state index contributed by atoms with van der Waals surface area (Å²) < 4.78 is 7.54. The first-order chi connectivity index (χ1) is 20.1. The van der Waals surface area contributed by atoms with Crippen LogP contribution >= 0.6 is 27.5 Å². The summed E-state index contributed by atoms with van der Waals surface area (Å²) >= 11 is 9.40. The van der Waals surface area contributed by atoms with Crippen molar-refractivity contribution in [3.63, 3.8) is 0 Å². The molecule has 2 aliphatic rings. The van der Waals surface area contributed by atoms with Gasteiger partial charge in [0, 0.05) is 23.7 Å². The van der Waals surface area contributed by atoms with Crippen LogP contribution in [0.2, 0.25) is 5.02 Å². The molecule has 2 aliphatic heterocycles. The summed E-state index contributed by atoms with van der Waals surface area (Å²) in [5, 5.41) is 16.9. The number of rotatable bonds is 6. The van der Waals surface area contributed by atoms with Gasteiger partial charge < -0.3 is 4.74 Å². The number of nitrogens with zero attached hydrogens (tertiary/aromatic N) is 5. The van der Waals surface area contributed by atoms with E-state index in [9.17, 15) is 24.5 Å². The van der Waals surface area contributed by atoms with E-state index in [0.29, 0.717) is 16.9 Å². The van der Waals surface area contributed by atoms with E-state index in [1.807, 2.05) is 0 Å². The Balaban J connectivity index is 1.36. The predicted molar refractivity (Wildman–Crippen MR) is 153 cm³/mol. The molecule has 3 atom stereocenters. The monoisotopic (exact) mass is 651 g/mol. The maximum Gasteiger partial charge on any atom is 0.363 e. The Hall–Kier alpha value is -4.59. The number of hydroxylamine groups is 1. The molecule has 1 aromatic heterocycles. The largest absolute Gasteiger partial charge is 0.422 e. The zero-order valence-electron chi connectivity index (χ0n) is 21.6. The van der Waals surface area contributed by atoms with Crippen molar-refractivity contribution in [3.05, 3.63) is 110 Å². The summed E-state index contributed by atoms with van der Waals surface area (Å²) in [5.74, 6) is -2.52. The summed E-state index contributed by atoms with van der Waals surface area (Å²) in [4.78, 5) is 58.1. The molecule has 0 saturated carbocycles. The molecule has 0 radical (unpaired) electrons. The lowest BCUT2D eigenvalue weighted by atomic mass is 9.90. The van der Waals surface area contributed by atoms with Crippen molar-refractivity contribution in [2.45, 2.75) is 12.1 Å². The van der Waals surface area contributed by atoms with Gasteiger partial charge in [0.2, 0.25) is 5.91 Å². The summed E-state index contributed by atoms with van der Waals surface area (Å²) in [6, 6.07) is 17.9. The maximum absolute atomic E-state index is 13.8. The average molecular weight is 653 g/mol. The third kappa shape index (κ3) is 4.70. The number of fused-ring (bicyclic) bond motifs is 1. The fourth-order valence-electron chi connectivity index (χ4n) is 5.09. The molecule has 14 heteroatoms. The van der Waals surface area contributed by atoms with E-state index in [4.69, 9.17) is 21.2 Å². The van der Waals surface area contributed by atoms with Gasteiger partial charge in [-0.25, -0.2) is 14.8 Å². The lowest BCUT2D eigenvalue weighted by molar-refractivity contribution is -0.384. The fraction of sp³-hybridized carbons (Fsp3) is 0.143. The van der Waals surface area contributed by atoms with Gasteiger partial charge in [0.05, 0.1) is 33.6 Å². The van der Waals surface area contributed by atoms with Gasteiger partial charge in [-0.1, -0.05) is 45.7 Å². The molecule has 12 nitrogen and oxygen atoms in total. The summed E-state index contributed by atoms with van der Waals surface area (Å²) in [6.45, 7) is 0. The van der Waals surface area contributed by atoms with E-state index in [2.05, 4.69) is 21.0 Å². The molecule has 0 unspecified atom stereocenters. The Morgan fingerprint density at radius 3 is 2.40 bits per heavy atom. The molecule has 0 aliphatic carbocycles. The van der Waals surface area contributed by atoms with Gasteiger partial charge in [-0.15, -0.1) is 0 Å². The van der Waals surface area contributed by atoms with Crippen LogP contribution in [-0.2, 0) is 21.5 Å². The van der Waals surface area contributed by atoms with Gasteiger partial charge in [0.1, 0.15) is 11.7 Å². The summed E-state index contributed by atoms with van der Waals surface area (Å²) in [6.07, 6.45) is 0.160. The standard InChI is InChI=1S/C28H19BrClN5O7/c1-32-24(21(30)14-31-32)28(38)41-20-11-5-15(6-12-20)23-22-25(42-34(23)18-3-2-4-19(13-18)35(39)40)27(37)33(26(22)36)17-9-7-16(29)8-10-17/h2-14,22-23,25H,1H3/t22-,23-,25+/m1/s1. The van der Waals surface area contributed by atoms with Crippen molar-refractivity contribution in [3.8, 4) is 5.75 Å². The van der Waals surface area contributed by atoms with Crippen molar-refractivity contribution < 1.29 is 28.9 Å². The number of anilines is 2. The first-order valence-electron chi connectivity index (χ1n) is 12.5. The van der Waals surface area contributed by atoms with Crippen LogP contribution in [0.3, 0.4) is 0 Å². The van der Waals surface area contributed by atoms with Crippen molar-refractivity contribution in [1.29, 1.82) is 0 Å². The van der Waals surface area contributed by atoms with Crippen LogP contribution in [0.25, 0.3) is 0 Å². The number of halogens is 2. The maximum atomic E-state index is 13.8. The highest BCUT2D eigenvalue weighted by atomic mass is 79.9. The average Bonchev–Trinajstić information content (AvgIpc) is 3.61. The van der Waals surface area contributed by atoms with Crippen molar-refractivity contribution in [1.82, 2.24) is 9.78 Å². The predicted octanol–water partition coefficient (Wildman–Crippen LogP) is 5.01. The van der Waals surface area contributed by atoms with E-state index in [1.54, 1.807) is 49.5 Å². The number of aromatic nitrogens is 2. The molecule has 42 heavy (non-hydrogen) atoms. The van der Waals surface area contributed by atoms with Crippen LogP contribution in [0.4, 0.5) is 17.1 Å². The molecule has 2 saturated heterocycles. The number of carbonyl (C=O) groups is 3. The summed E-state index contributed by atoms with van der Waals surface area (Å²) in [5.41, 5.74) is 1.12. The topological polar surface area (TPSA) is 137 Å². The first-order valence-corrected chi connectivity index (χ1v) is 13.6. The number of hydrogen-bond donors (Lipinski definition) is 0. The van der Waals surface area contributed by atoms with Crippen LogP contribution in [0, 0.1) is 16.0 Å². The van der Waals surface area contributed by atoms with Gasteiger partial charge in [0.25, 0.3) is 11.6 Å². The molecule has 3 aromatic carbocycles. The SMILES string of the molecule is Cn1ncc(Cl)c1C(=O)Oc1ccc([C@@H]2[C@H]3C(=O)N(c4ccc(Br)cc4)C(=O)[C@H]3ON2c2cccc([N+](=O)[O-])c2)cc1. The highest BCUT2D eigenvalue weighted by Crippen LogP contribution is 2.48. The van der Waals surface area contributed by atoms with Crippen molar-refractivity contribution in [2.75, 3.05) is 9.96 Å². The number of benzene rings is 3. The van der Waals surface area contributed by atoms with Gasteiger partial charge in [-0.2, -0.15) is 5.10 Å². The molecular weight excluding hydrogens is 634 g/mol. The number of imide groups is 1. The molecule has 3 heterocycles. The van der Waals surface area contributed by atoms with Gasteiger partial charge >= 0.3 is 5.97 Å². The number of aryl methyl sites for hydroxylation is 1. The van der Waals surface area contributed by atoms with E-state index in [-0.39, 0.29) is 22.2 Å². The van der Waals surface area contributed by atoms with E-state index >= 15 is 0 Å². The lowest BCUT2D eigenvalue weighted by Crippen LogP contribution is -2.37. The number of hydrogen-bond acceptors (Lipinski definition) is 9. The van der Waals surface area contributed by atoms with Crippen LogP contribution in [0.5, 0.6) is 5.75 Å². The highest BCUT2D eigenvalue weighted by Gasteiger charge is 2.60. The molecular formula is C28H19BrClN5O7. The second-order valence-electron chi connectivity index (χ2n) is 9.51.